The molecule has 1 unspecified atom stereocenters. The van der Waals surface area contributed by atoms with E-state index in [1.165, 1.54) is 12.1 Å². The molecule has 3 rings (SSSR count). The fraction of sp³-hybridized carbons (Fsp3) is 0.263. The van der Waals surface area contributed by atoms with Gasteiger partial charge in [-0.2, -0.15) is 0 Å². The molecule has 8 heteroatoms. The number of benzene rings is 2. The van der Waals surface area contributed by atoms with Crippen molar-refractivity contribution in [1.29, 1.82) is 0 Å². The molecule has 27 heavy (non-hydrogen) atoms. The molecule has 1 atom stereocenters. The molecule has 0 aliphatic carbocycles. The summed E-state index contributed by atoms with van der Waals surface area (Å²) >= 11 is 18.0. The zero-order chi connectivity index (χ0) is 19.7. The molecule has 1 N–H and O–H groups in total. The topological polar surface area (TPSA) is 58.6 Å². The Bertz CT molecular complexity index is 917. The Labute approximate surface area is 172 Å². The lowest BCUT2D eigenvalue weighted by Gasteiger charge is -2.20. The molecule has 0 saturated carbocycles. The van der Waals surface area contributed by atoms with Gasteiger partial charge < -0.3 is 15.0 Å². The minimum Gasteiger partial charge on any atom is -0.495 e. The Morgan fingerprint density at radius 1 is 1.15 bits per heavy atom. The number of methoxy groups -OCH3 is 1. The van der Waals surface area contributed by atoms with Crippen LogP contribution in [0.4, 0.5) is 11.4 Å². The first-order chi connectivity index (χ1) is 12.8. The molecule has 1 aliphatic rings. The summed E-state index contributed by atoms with van der Waals surface area (Å²) in [6.07, 6.45) is 0.0991. The van der Waals surface area contributed by atoms with Gasteiger partial charge in [-0.15, -0.1) is 0 Å². The Morgan fingerprint density at radius 3 is 2.56 bits per heavy atom. The number of ether oxygens (including phenoxy) is 1. The number of carbonyl (C=O) groups excluding carboxylic acids is 2. The third-order valence-electron chi connectivity index (χ3n) is 4.39. The molecule has 2 amide bonds. The van der Waals surface area contributed by atoms with E-state index in [9.17, 15) is 9.59 Å². The van der Waals surface area contributed by atoms with Crippen LogP contribution in [0.25, 0.3) is 0 Å². The van der Waals surface area contributed by atoms with E-state index in [0.717, 1.165) is 5.56 Å². The Morgan fingerprint density at radius 2 is 1.85 bits per heavy atom. The SMILES string of the molecule is COc1ccc(C)cc1N1CC(C(=O)Nc2cc(Cl)c(Cl)cc2Cl)CC1=O. The van der Waals surface area contributed by atoms with Crippen LogP contribution in [0.2, 0.25) is 15.1 Å². The van der Waals surface area contributed by atoms with E-state index in [1.54, 1.807) is 18.1 Å². The molecule has 1 fully saturated rings. The van der Waals surface area contributed by atoms with E-state index >= 15 is 0 Å². The molecule has 1 aliphatic heterocycles. The third-order valence-corrected chi connectivity index (χ3v) is 5.42. The van der Waals surface area contributed by atoms with E-state index in [0.29, 0.717) is 22.1 Å². The van der Waals surface area contributed by atoms with Crippen LogP contribution in [0.3, 0.4) is 0 Å². The lowest BCUT2D eigenvalue weighted by atomic mass is 10.1. The van der Waals surface area contributed by atoms with E-state index in [1.807, 2.05) is 19.1 Å². The first-order valence-electron chi connectivity index (χ1n) is 8.20. The molecular weight excluding hydrogens is 411 g/mol. The highest BCUT2D eigenvalue weighted by molar-refractivity contribution is 6.44. The number of rotatable bonds is 4. The van der Waals surface area contributed by atoms with Crippen LogP contribution in [0.5, 0.6) is 5.75 Å². The maximum atomic E-state index is 12.7. The molecule has 2 aromatic rings. The lowest BCUT2D eigenvalue weighted by molar-refractivity contribution is -0.122. The van der Waals surface area contributed by atoms with Gasteiger partial charge >= 0.3 is 0 Å². The Hall–Kier alpha value is -1.95. The number of halogens is 3. The number of hydrogen-bond donors (Lipinski definition) is 1. The number of anilines is 2. The summed E-state index contributed by atoms with van der Waals surface area (Å²) < 4.78 is 5.35. The van der Waals surface area contributed by atoms with E-state index < -0.39 is 5.92 Å². The number of amides is 2. The second kappa shape index (κ2) is 7.97. The Balaban J connectivity index is 1.79. The smallest absolute Gasteiger partial charge is 0.229 e. The van der Waals surface area contributed by atoms with Crippen molar-refractivity contribution in [2.45, 2.75) is 13.3 Å². The molecule has 0 aromatic heterocycles. The quantitative estimate of drug-likeness (QED) is 0.702. The van der Waals surface area contributed by atoms with Crippen molar-refractivity contribution >= 4 is 58.0 Å². The fourth-order valence-corrected chi connectivity index (χ4v) is 3.57. The summed E-state index contributed by atoms with van der Waals surface area (Å²) in [5.74, 6) is -0.382. The molecule has 142 valence electrons. The maximum Gasteiger partial charge on any atom is 0.229 e. The van der Waals surface area contributed by atoms with Gasteiger partial charge in [0.2, 0.25) is 11.8 Å². The maximum absolute atomic E-state index is 12.7. The van der Waals surface area contributed by atoms with Gasteiger partial charge in [0.05, 0.1) is 39.5 Å². The highest BCUT2D eigenvalue weighted by Crippen LogP contribution is 2.35. The van der Waals surface area contributed by atoms with Gasteiger partial charge in [-0.3, -0.25) is 9.59 Å². The number of nitrogens with one attached hydrogen (secondary N) is 1. The predicted octanol–water partition coefficient (Wildman–Crippen LogP) is 4.96. The van der Waals surface area contributed by atoms with Crippen LogP contribution in [0.1, 0.15) is 12.0 Å². The van der Waals surface area contributed by atoms with Crippen LogP contribution in [-0.2, 0) is 9.59 Å². The second-order valence-electron chi connectivity index (χ2n) is 6.32. The molecule has 1 saturated heterocycles. The monoisotopic (exact) mass is 426 g/mol. The van der Waals surface area contributed by atoms with Crippen LogP contribution in [0.15, 0.2) is 30.3 Å². The van der Waals surface area contributed by atoms with Gasteiger partial charge in [0.1, 0.15) is 5.75 Å². The van der Waals surface area contributed by atoms with Crippen molar-refractivity contribution < 1.29 is 14.3 Å². The van der Waals surface area contributed by atoms with Crippen molar-refractivity contribution in [2.75, 3.05) is 23.9 Å². The Kier molecular flexibility index (Phi) is 5.84. The van der Waals surface area contributed by atoms with Gasteiger partial charge in [0.15, 0.2) is 0 Å². The van der Waals surface area contributed by atoms with Crippen LogP contribution in [-0.4, -0.2) is 25.5 Å². The van der Waals surface area contributed by atoms with Crippen molar-refractivity contribution in [3.63, 3.8) is 0 Å². The summed E-state index contributed by atoms with van der Waals surface area (Å²) in [6.45, 7) is 2.18. The molecular formula is C19H17Cl3N2O3. The van der Waals surface area contributed by atoms with E-state index in [2.05, 4.69) is 5.32 Å². The standard InChI is InChI=1S/C19H17Cl3N2O3/c1-10-3-4-17(27-2)16(5-10)24-9-11(6-18(24)25)19(26)23-15-8-13(21)12(20)7-14(15)22/h3-5,7-8,11H,6,9H2,1-2H3,(H,23,26). The molecule has 0 radical (unpaired) electrons. The minimum atomic E-state index is -0.520. The van der Waals surface area contributed by atoms with Crippen molar-refractivity contribution in [3.8, 4) is 5.75 Å². The van der Waals surface area contributed by atoms with Crippen molar-refractivity contribution in [2.24, 2.45) is 5.92 Å². The number of hydrogen-bond acceptors (Lipinski definition) is 3. The van der Waals surface area contributed by atoms with Crippen molar-refractivity contribution in [1.82, 2.24) is 0 Å². The number of carbonyl (C=O) groups is 2. The van der Waals surface area contributed by atoms with E-state index in [4.69, 9.17) is 39.5 Å². The predicted molar refractivity (Wildman–Crippen MR) is 108 cm³/mol. The normalized spacial score (nSPS) is 16.6. The summed E-state index contributed by atoms with van der Waals surface area (Å²) in [7, 11) is 1.55. The minimum absolute atomic E-state index is 0.0991. The zero-order valence-electron chi connectivity index (χ0n) is 14.7. The van der Waals surface area contributed by atoms with Gasteiger partial charge in [0, 0.05) is 13.0 Å². The largest absolute Gasteiger partial charge is 0.495 e. The highest BCUT2D eigenvalue weighted by Gasteiger charge is 2.36. The average molecular weight is 428 g/mol. The van der Waals surface area contributed by atoms with E-state index in [-0.39, 0.29) is 34.8 Å². The van der Waals surface area contributed by atoms with Gasteiger partial charge in [-0.1, -0.05) is 40.9 Å². The molecule has 1 heterocycles. The van der Waals surface area contributed by atoms with Crippen LogP contribution in [0, 0.1) is 12.8 Å². The number of aryl methyl sites for hydroxylation is 1. The summed E-state index contributed by atoms with van der Waals surface area (Å²) in [5, 5.41) is 3.59. The zero-order valence-corrected chi connectivity index (χ0v) is 17.0. The first-order valence-corrected chi connectivity index (χ1v) is 9.34. The fourth-order valence-electron chi connectivity index (χ4n) is 2.98. The second-order valence-corrected chi connectivity index (χ2v) is 7.54. The molecule has 0 bridgehead atoms. The van der Waals surface area contributed by atoms with Crippen LogP contribution >= 0.6 is 34.8 Å². The lowest BCUT2D eigenvalue weighted by Crippen LogP contribution is -2.28. The van der Waals surface area contributed by atoms with Crippen LogP contribution < -0.4 is 15.0 Å². The first kappa shape index (κ1) is 19.8. The average Bonchev–Trinajstić information content (AvgIpc) is 3.01. The van der Waals surface area contributed by atoms with Gasteiger partial charge in [0.25, 0.3) is 0 Å². The van der Waals surface area contributed by atoms with Gasteiger partial charge in [-0.05, 0) is 36.8 Å². The molecule has 0 spiro atoms. The highest BCUT2D eigenvalue weighted by atomic mass is 35.5. The van der Waals surface area contributed by atoms with Crippen molar-refractivity contribution in [3.05, 3.63) is 51.0 Å². The van der Waals surface area contributed by atoms with Gasteiger partial charge in [-0.25, -0.2) is 0 Å². The summed E-state index contributed by atoms with van der Waals surface area (Å²) in [6, 6.07) is 8.53. The summed E-state index contributed by atoms with van der Waals surface area (Å²) in [5.41, 5.74) is 2.01. The molecule has 2 aromatic carbocycles. The third kappa shape index (κ3) is 4.15. The number of nitrogens with zero attached hydrogens (tertiary/aromatic N) is 1. The summed E-state index contributed by atoms with van der Waals surface area (Å²) in [4.78, 5) is 26.7. The molecule has 5 nitrogen and oxygen atoms in total.